The second-order valence-corrected chi connectivity index (χ2v) is 4.26. The molecule has 4 heteroatoms. The van der Waals surface area contributed by atoms with Gasteiger partial charge in [0, 0.05) is 12.1 Å². The largest absolute Gasteiger partial charge is 0.481 e. The van der Waals surface area contributed by atoms with E-state index in [1.165, 1.54) is 5.54 Å². The van der Waals surface area contributed by atoms with E-state index in [9.17, 15) is 4.79 Å². The molecule has 0 bridgehead atoms. The summed E-state index contributed by atoms with van der Waals surface area (Å²) in [6.45, 7) is 1.49. The van der Waals surface area contributed by atoms with E-state index >= 15 is 0 Å². The number of carboxylic acids is 1. The topological polar surface area (TPSA) is 49.3 Å². The van der Waals surface area contributed by atoms with Gasteiger partial charge in [0.1, 0.15) is 0 Å². The Morgan fingerprint density at radius 2 is 2.20 bits per heavy atom. The van der Waals surface area contributed by atoms with E-state index in [2.05, 4.69) is 5.32 Å². The number of carbonyl (C=O) groups is 1. The monoisotopic (exact) mass is 231 g/mol. The Morgan fingerprint density at radius 3 is 2.87 bits per heavy atom. The third kappa shape index (κ3) is 4.22. The van der Waals surface area contributed by atoms with Gasteiger partial charge < -0.3 is 10.4 Å². The van der Waals surface area contributed by atoms with E-state index in [1.807, 2.05) is 6.08 Å². The van der Waals surface area contributed by atoms with Crippen molar-refractivity contribution in [3.05, 3.63) is 11.6 Å². The third-order valence-corrected chi connectivity index (χ3v) is 3.16. The molecule has 1 aliphatic rings. The summed E-state index contributed by atoms with van der Waals surface area (Å²) in [6, 6.07) is 0. The molecule has 0 amide bonds. The minimum absolute atomic E-state index is 0.161. The second kappa shape index (κ2) is 6.85. The number of hydrogen-bond acceptors (Lipinski definition) is 2. The molecule has 1 fully saturated rings. The number of halogens is 1. The summed E-state index contributed by atoms with van der Waals surface area (Å²) in [5.74, 6) is -0.527. The maximum Gasteiger partial charge on any atom is 0.306 e. The molecule has 0 heterocycles. The van der Waals surface area contributed by atoms with Gasteiger partial charge in [0.2, 0.25) is 0 Å². The van der Waals surface area contributed by atoms with Crippen LogP contribution in [0.5, 0.6) is 0 Å². The Kier molecular flexibility index (Phi) is 5.73. The zero-order chi connectivity index (χ0) is 11.1. The van der Waals surface area contributed by atoms with Crippen molar-refractivity contribution in [2.45, 2.75) is 25.7 Å². The molecule has 0 aromatic heterocycles. The number of aliphatic carboxylic acids is 1. The van der Waals surface area contributed by atoms with Crippen LogP contribution in [-0.4, -0.2) is 24.2 Å². The summed E-state index contributed by atoms with van der Waals surface area (Å²) < 4.78 is 0. The van der Waals surface area contributed by atoms with Crippen molar-refractivity contribution in [2.24, 2.45) is 11.8 Å². The molecular formula is C11H18ClNO2. The van der Waals surface area contributed by atoms with Crippen LogP contribution in [0.25, 0.3) is 0 Å². The molecule has 3 nitrogen and oxygen atoms in total. The summed E-state index contributed by atoms with van der Waals surface area (Å²) in [5.41, 5.74) is 1.47. The highest BCUT2D eigenvalue weighted by atomic mass is 35.5. The summed E-state index contributed by atoms with van der Waals surface area (Å²) in [4.78, 5) is 11.0. The molecule has 0 saturated heterocycles. The second-order valence-electron chi connectivity index (χ2n) is 4.01. The molecule has 1 aliphatic carbocycles. The summed E-state index contributed by atoms with van der Waals surface area (Å²) >= 11 is 5.39. The van der Waals surface area contributed by atoms with E-state index in [0.29, 0.717) is 6.54 Å². The van der Waals surface area contributed by atoms with Crippen molar-refractivity contribution in [3.63, 3.8) is 0 Å². The van der Waals surface area contributed by atoms with Crippen LogP contribution >= 0.6 is 11.6 Å². The average Bonchev–Trinajstić information content (AvgIpc) is 2.25. The third-order valence-electron chi connectivity index (χ3n) is 2.98. The lowest BCUT2D eigenvalue weighted by atomic mass is 9.79. The van der Waals surface area contributed by atoms with Crippen LogP contribution in [0.2, 0.25) is 0 Å². The van der Waals surface area contributed by atoms with Gasteiger partial charge >= 0.3 is 5.97 Å². The highest BCUT2D eigenvalue weighted by Crippen LogP contribution is 2.29. The molecule has 1 rings (SSSR count). The van der Waals surface area contributed by atoms with Gasteiger partial charge in [-0.2, -0.15) is 0 Å². The van der Waals surface area contributed by atoms with Gasteiger partial charge in [-0.1, -0.05) is 30.5 Å². The average molecular weight is 232 g/mol. The summed E-state index contributed by atoms with van der Waals surface area (Å²) in [7, 11) is 0. The van der Waals surface area contributed by atoms with Crippen molar-refractivity contribution in [1.29, 1.82) is 0 Å². The smallest absolute Gasteiger partial charge is 0.306 e. The van der Waals surface area contributed by atoms with Gasteiger partial charge in [0.05, 0.1) is 5.92 Å². The summed E-state index contributed by atoms with van der Waals surface area (Å²) in [5, 5.41) is 12.3. The van der Waals surface area contributed by atoms with Crippen molar-refractivity contribution >= 4 is 17.6 Å². The Balaban J connectivity index is 2.32. The highest BCUT2D eigenvalue weighted by molar-refractivity contribution is 6.25. The quantitative estimate of drug-likeness (QED) is 0.714. The highest BCUT2D eigenvalue weighted by Gasteiger charge is 2.29. The Morgan fingerprint density at radius 1 is 1.47 bits per heavy atom. The zero-order valence-corrected chi connectivity index (χ0v) is 9.54. The molecule has 0 radical (unpaired) electrons. The van der Waals surface area contributed by atoms with Crippen LogP contribution < -0.4 is 5.32 Å². The van der Waals surface area contributed by atoms with Gasteiger partial charge in [0.25, 0.3) is 0 Å². The molecule has 15 heavy (non-hydrogen) atoms. The van der Waals surface area contributed by atoms with Crippen LogP contribution in [0, 0.1) is 11.8 Å². The lowest BCUT2D eigenvalue weighted by Gasteiger charge is -2.28. The Hall–Kier alpha value is -0.540. The number of rotatable bonds is 5. The standard InChI is InChI=1S/C11H18ClNO2/c12-6-3-7-13-8-9-4-1-2-5-10(9)11(14)15/h3,6,9-10,13H,1-2,4-5,7-8H2,(H,14,15). The minimum Gasteiger partial charge on any atom is -0.481 e. The van der Waals surface area contributed by atoms with Gasteiger partial charge in [-0.05, 0) is 25.3 Å². The lowest BCUT2D eigenvalue weighted by Crippen LogP contribution is -2.34. The fraction of sp³-hybridized carbons (Fsp3) is 0.727. The molecule has 0 aromatic rings. The molecule has 86 valence electrons. The molecule has 1 saturated carbocycles. The van der Waals surface area contributed by atoms with Gasteiger partial charge in [0.15, 0.2) is 0 Å². The Labute approximate surface area is 95.5 Å². The van der Waals surface area contributed by atoms with Crippen LogP contribution in [0.3, 0.4) is 0 Å². The molecular weight excluding hydrogens is 214 g/mol. The van der Waals surface area contributed by atoms with E-state index in [0.717, 1.165) is 32.2 Å². The van der Waals surface area contributed by atoms with Crippen LogP contribution in [0.15, 0.2) is 11.6 Å². The predicted octanol–water partition coefficient (Wildman–Crippen LogP) is 2.22. The van der Waals surface area contributed by atoms with E-state index < -0.39 is 5.97 Å². The maximum absolute atomic E-state index is 11.0. The van der Waals surface area contributed by atoms with E-state index in [1.54, 1.807) is 0 Å². The fourth-order valence-electron chi connectivity index (χ4n) is 2.17. The normalized spacial score (nSPS) is 27.0. The number of nitrogens with one attached hydrogen (secondary N) is 1. The molecule has 2 unspecified atom stereocenters. The molecule has 2 N–H and O–H groups in total. The first-order chi connectivity index (χ1) is 7.25. The van der Waals surface area contributed by atoms with Crippen LogP contribution in [0.1, 0.15) is 25.7 Å². The van der Waals surface area contributed by atoms with Crippen LogP contribution in [0.4, 0.5) is 0 Å². The number of carboxylic acid groups (broad SMARTS) is 1. The van der Waals surface area contributed by atoms with Crippen molar-refractivity contribution in [2.75, 3.05) is 13.1 Å². The molecule has 0 aliphatic heterocycles. The SMILES string of the molecule is O=C(O)C1CCCCC1CNCC=CCl. The molecule has 2 atom stereocenters. The van der Waals surface area contributed by atoms with Crippen LogP contribution in [-0.2, 0) is 4.79 Å². The minimum atomic E-state index is -0.644. The van der Waals surface area contributed by atoms with E-state index in [-0.39, 0.29) is 11.8 Å². The van der Waals surface area contributed by atoms with Gasteiger partial charge in [-0.25, -0.2) is 0 Å². The zero-order valence-electron chi connectivity index (χ0n) is 8.79. The first-order valence-electron chi connectivity index (χ1n) is 5.44. The van der Waals surface area contributed by atoms with E-state index in [4.69, 9.17) is 16.7 Å². The lowest BCUT2D eigenvalue weighted by molar-refractivity contribution is -0.144. The fourth-order valence-corrected chi connectivity index (χ4v) is 2.26. The predicted molar refractivity (Wildman–Crippen MR) is 60.9 cm³/mol. The first kappa shape index (κ1) is 12.5. The van der Waals surface area contributed by atoms with Gasteiger partial charge in [-0.3, -0.25) is 4.79 Å². The molecule has 0 aromatic carbocycles. The van der Waals surface area contributed by atoms with Crippen molar-refractivity contribution < 1.29 is 9.90 Å². The first-order valence-corrected chi connectivity index (χ1v) is 5.88. The molecule has 0 spiro atoms. The van der Waals surface area contributed by atoms with Crippen molar-refractivity contribution in [3.8, 4) is 0 Å². The Bertz CT molecular complexity index is 231. The van der Waals surface area contributed by atoms with Gasteiger partial charge in [-0.15, -0.1) is 0 Å². The van der Waals surface area contributed by atoms with Crippen molar-refractivity contribution in [1.82, 2.24) is 5.32 Å². The maximum atomic E-state index is 11.0. The summed E-state index contributed by atoms with van der Waals surface area (Å²) in [6.07, 6.45) is 5.87. The number of hydrogen-bond donors (Lipinski definition) is 2.